The minimum Gasteiger partial charge on any atom is -0.368 e. The smallest absolute Gasteiger partial charge is 0.244 e. The maximum absolute atomic E-state index is 12.1. The molecule has 0 saturated heterocycles. The molecule has 2 aromatic rings. The van der Waals surface area contributed by atoms with E-state index in [1.165, 1.54) is 0 Å². The van der Waals surface area contributed by atoms with E-state index < -0.39 is 11.9 Å². The summed E-state index contributed by atoms with van der Waals surface area (Å²) in [6.07, 6.45) is 0.0769. The van der Waals surface area contributed by atoms with Crippen LogP contribution in [0.4, 0.5) is 0 Å². The van der Waals surface area contributed by atoms with Gasteiger partial charge in [-0.25, -0.2) is 0 Å². The summed E-state index contributed by atoms with van der Waals surface area (Å²) in [6.45, 7) is 0. The van der Waals surface area contributed by atoms with Crippen molar-refractivity contribution < 1.29 is 9.59 Å². The molecule has 2 aromatic carbocycles. The van der Waals surface area contributed by atoms with E-state index in [1.807, 2.05) is 6.07 Å². The lowest BCUT2D eigenvalue weighted by molar-refractivity contribution is -0.127. The maximum atomic E-state index is 12.1. The molecule has 0 heterocycles. The van der Waals surface area contributed by atoms with E-state index in [0.29, 0.717) is 21.2 Å². The van der Waals surface area contributed by atoms with Gasteiger partial charge in [0.25, 0.3) is 0 Å². The Morgan fingerprint density at radius 1 is 1.05 bits per heavy atom. The zero-order valence-corrected chi connectivity index (χ0v) is 13.1. The molecule has 0 spiro atoms. The molecular weight excluding hydrogens is 323 g/mol. The van der Waals surface area contributed by atoms with Crippen LogP contribution in [0.5, 0.6) is 0 Å². The van der Waals surface area contributed by atoms with E-state index in [9.17, 15) is 9.59 Å². The van der Waals surface area contributed by atoms with Crippen molar-refractivity contribution in [3.05, 3.63) is 69.7 Å². The normalized spacial score (nSPS) is 11.7. The Balaban J connectivity index is 2.08. The fourth-order valence-electron chi connectivity index (χ4n) is 2.01. The summed E-state index contributed by atoms with van der Waals surface area (Å²) in [6, 6.07) is 12.9. The third-order valence-electron chi connectivity index (χ3n) is 3.07. The number of halogens is 2. The standard InChI is InChI=1S/C16H14Cl2N2O2/c17-12-7-6-10(8-13(12)18)9-14(21)20-15(16(19)22)11-4-2-1-3-5-11/h1-8,15H,9H2,(H2,19,22)(H,20,21). The third-order valence-corrected chi connectivity index (χ3v) is 3.81. The second-order valence-electron chi connectivity index (χ2n) is 4.74. The van der Waals surface area contributed by atoms with E-state index in [4.69, 9.17) is 28.9 Å². The summed E-state index contributed by atoms with van der Waals surface area (Å²) in [5.74, 6) is -0.945. The number of hydrogen-bond acceptors (Lipinski definition) is 2. The molecule has 0 aliphatic rings. The molecule has 2 amide bonds. The van der Waals surface area contributed by atoms with E-state index in [-0.39, 0.29) is 12.3 Å². The molecule has 0 aromatic heterocycles. The largest absolute Gasteiger partial charge is 0.368 e. The Kier molecular flexibility index (Phi) is 5.41. The highest BCUT2D eigenvalue weighted by molar-refractivity contribution is 6.42. The Labute approximate surface area is 138 Å². The van der Waals surface area contributed by atoms with Crippen molar-refractivity contribution in [2.45, 2.75) is 12.5 Å². The molecule has 0 saturated carbocycles. The summed E-state index contributed by atoms with van der Waals surface area (Å²) in [7, 11) is 0. The minimum absolute atomic E-state index is 0.0769. The fourth-order valence-corrected chi connectivity index (χ4v) is 2.33. The molecule has 22 heavy (non-hydrogen) atoms. The third kappa shape index (κ3) is 4.23. The molecule has 0 radical (unpaired) electrons. The van der Waals surface area contributed by atoms with Crippen LogP contribution in [0.3, 0.4) is 0 Å². The number of amides is 2. The molecule has 1 atom stereocenters. The monoisotopic (exact) mass is 336 g/mol. The lowest BCUT2D eigenvalue weighted by atomic mass is 10.1. The van der Waals surface area contributed by atoms with E-state index in [0.717, 1.165) is 0 Å². The first-order valence-corrected chi connectivity index (χ1v) is 7.30. The molecule has 0 aliphatic carbocycles. The highest BCUT2D eigenvalue weighted by atomic mass is 35.5. The van der Waals surface area contributed by atoms with Crippen LogP contribution < -0.4 is 11.1 Å². The lowest BCUT2D eigenvalue weighted by Crippen LogP contribution is -2.38. The van der Waals surface area contributed by atoms with Crippen LogP contribution in [-0.4, -0.2) is 11.8 Å². The summed E-state index contributed by atoms with van der Waals surface area (Å²) >= 11 is 11.7. The molecule has 0 bridgehead atoms. The number of carbonyl (C=O) groups is 2. The Morgan fingerprint density at radius 2 is 1.73 bits per heavy atom. The highest BCUT2D eigenvalue weighted by Crippen LogP contribution is 2.23. The Morgan fingerprint density at radius 3 is 2.32 bits per heavy atom. The second-order valence-corrected chi connectivity index (χ2v) is 5.55. The van der Waals surface area contributed by atoms with Crippen LogP contribution in [0.25, 0.3) is 0 Å². The van der Waals surface area contributed by atoms with Gasteiger partial charge >= 0.3 is 0 Å². The average molecular weight is 337 g/mol. The molecule has 2 rings (SSSR count). The van der Waals surface area contributed by atoms with Gasteiger partial charge in [0.05, 0.1) is 16.5 Å². The Hall–Kier alpha value is -2.04. The zero-order valence-electron chi connectivity index (χ0n) is 11.6. The molecule has 1 unspecified atom stereocenters. The summed E-state index contributed by atoms with van der Waals surface area (Å²) in [4.78, 5) is 23.7. The number of hydrogen-bond donors (Lipinski definition) is 2. The maximum Gasteiger partial charge on any atom is 0.244 e. The molecule has 4 nitrogen and oxygen atoms in total. The van der Waals surface area contributed by atoms with Crippen molar-refractivity contribution in [1.82, 2.24) is 5.32 Å². The first kappa shape index (κ1) is 16.3. The van der Waals surface area contributed by atoms with Crippen LogP contribution in [0.2, 0.25) is 10.0 Å². The van der Waals surface area contributed by atoms with Crippen molar-refractivity contribution in [3.8, 4) is 0 Å². The van der Waals surface area contributed by atoms with Crippen LogP contribution in [-0.2, 0) is 16.0 Å². The van der Waals surface area contributed by atoms with Crippen LogP contribution in [0.15, 0.2) is 48.5 Å². The van der Waals surface area contributed by atoms with Crippen LogP contribution in [0.1, 0.15) is 17.2 Å². The number of nitrogens with one attached hydrogen (secondary N) is 1. The quantitative estimate of drug-likeness (QED) is 0.881. The van der Waals surface area contributed by atoms with Gasteiger partial charge in [-0.15, -0.1) is 0 Å². The van der Waals surface area contributed by atoms with Crippen molar-refractivity contribution in [1.29, 1.82) is 0 Å². The fraction of sp³-hybridized carbons (Fsp3) is 0.125. The van der Waals surface area contributed by atoms with Gasteiger partial charge in [0.15, 0.2) is 0 Å². The molecule has 6 heteroatoms. The summed E-state index contributed by atoms with van der Waals surface area (Å²) in [5.41, 5.74) is 6.70. The molecule has 3 N–H and O–H groups in total. The zero-order chi connectivity index (χ0) is 16.1. The summed E-state index contributed by atoms with van der Waals surface area (Å²) in [5, 5.41) is 3.42. The van der Waals surface area contributed by atoms with Gasteiger partial charge in [-0.2, -0.15) is 0 Å². The number of carbonyl (C=O) groups excluding carboxylic acids is 2. The van der Waals surface area contributed by atoms with Gasteiger partial charge in [0, 0.05) is 0 Å². The van der Waals surface area contributed by atoms with Gasteiger partial charge in [-0.05, 0) is 23.3 Å². The predicted octanol–water partition coefficient (Wildman–Crippen LogP) is 2.88. The van der Waals surface area contributed by atoms with E-state index in [1.54, 1.807) is 42.5 Å². The van der Waals surface area contributed by atoms with Crippen LogP contribution in [0, 0.1) is 0 Å². The molecule has 114 valence electrons. The molecule has 0 fully saturated rings. The van der Waals surface area contributed by atoms with E-state index >= 15 is 0 Å². The van der Waals surface area contributed by atoms with Gasteiger partial charge in [-0.1, -0.05) is 59.6 Å². The van der Waals surface area contributed by atoms with Crippen molar-refractivity contribution in [2.75, 3.05) is 0 Å². The topological polar surface area (TPSA) is 72.2 Å². The van der Waals surface area contributed by atoms with Crippen molar-refractivity contribution in [2.24, 2.45) is 5.73 Å². The van der Waals surface area contributed by atoms with E-state index in [2.05, 4.69) is 5.32 Å². The average Bonchev–Trinajstić information content (AvgIpc) is 2.49. The van der Waals surface area contributed by atoms with Crippen LogP contribution >= 0.6 is 23.2 Å². The second kappa shape index (κ2) is 7.29. The first-order chi connectivity index (χ1) is 10.5. The number of benzene rings is 2. The molecular formula is C16H14Cl2N2O2. The van der Waals surface area contributed by atoms with Crippen molar-refractivity contribution >= 4 is 35.0 Å². The lowest BCUT2D eigenvalue weighted by Gasteiger charge is -2.16. The van der Waals surface area contributed by atoms with Gasteiger partial charge in [-0.3, -0.25) is 9.59 Å². The van der Waals surface area contributed by atoms with Crippen molar-refractivity contribution in [3.63, 3.8) is 0 Å². The SMILES string of the molecule is NC(=O)C(NC(=O)Cc1ccc(Cl)c(Cl)c1)c1ccccc1. The molecule has 0 aliphatic heterocycles. The Bertz CT molecular complexity index is 690. The first-order valence-electron chi connectivity index (χ1n) is 6.55. The highest BCUT2D eigenvalue weighted by Gasteiger charge is 2.20. The number of nitrogens with two attached hydrogens (primary N) is 1. The van der Waals surface area contributed by atoms with Gasteiger partial charge < -0.3 is 11.1 Å². The number of rotatable bonds is 5. The van der Waals surface area contributed by atoms with Gasteiger partial charge in [0.2, 0.25) is 11.8 Å². The number of primary amides is 1. The predicted molar refractivity (Wildman–Crippen MR) is 86.7 cm³/mol. The van der Waals surface area contributed by atoms with Gasteiger partial charge in [0.1, 0.15) is 6.04 Å². The minimum atomic E-state index is -0.864. The summed E-state index contributed by atoms with van der Waals surface area (Å²) < 4.78 is 0.